The van der Waals surface area contributed by atoms with E-state index in [0.717, 1.165) is 31.2 Å². The highest BCUT2D eigenvalue weighted by Crippen LogP contribution is 2.40. The maximum absolute atomic E-state index is 11.1. The molecule has 2 aromatic rings. The Hall–Kier alpha value is -2.19. The molecule has 1 aromatic heterocycles. The molecule has 0 radical (unpaired) electrons. The fraction of sp³-hybridized carbons (Fsp3) is 0.438. The molecule has 1 unspecified atom stereocenters. The first kappa shape index (κ1) is 13.8. The zero-order chi connectivity index (χ0) is 14.7. The van der Waals surface area contributed by atoms with Gasteiger partial charge in [0.2, 0.25) is 0 Å². The van der Waals surface area contributed by atoms with E-state index in [1.54, 1.807) is 29.2 Å². The third kappa shape index (κ3) is 2.67. The van der Waals surface area contributed by atoms with E-state index in [1.165, 1.54) is 6.42 Å². The first-order chi connectivity index (χ1) is 10.2. The maximum atomic E-state index is 11.1. The van der Waals surface area contributed by atoms with Crippen LogP contribution >= 0.6 is 0 Å². The molecule has 1 aromatic carbocycles. The van der Waals surface area contributed by atoms with Gasteiger partial charge in [0.1, 0.15) is 6.04 Å². The van der Waals surface area contributed by atoms with Gasteiger partial charge in [-0.25, -0.2) is 4.68 Å². The highest BCUT2D eigenvalue weighted by Gasteiger charge is 2.40. The van der Waals surface area contributed by atoms with E-state index < -0.39 is 5.60 Å². The minimum Gasteiger partial charge on any atom is -0.387 e. The summed E-state index contributed by atoms with van der Waals surface area (Å²) in [7, 11) is 0. The molecule has 0 amide bonds. The Kier molecular flexibility index (Phi) is 3.72. The predicted octanol–water partition coefficient (Wildman–Crippen LogP) is 2.43. The smallest absolute Gasteiger partial charge is 0.107 e. The lowest BCUT2D eigenvalue weighted by atomic mass is 9.77. The summed E-state index contributed by atoms with van der Waals surface area (Å²) in [6.07, 6.45) is 8.16. The number of aliphatic hydroxyl groups is 1. The van der Waals surface area contributed by atoms with Crippen molar-refractivity contribution in [1.29, 1.82) is 5.26 Å². The van der Waals surface area contributed by atoms with Crippen LogP contribution in [0.4, 0.5) is 0 Å². The van der Waals surface area contributed by atoms with Crippen LogP contribution in [0.15, 0.2) is 36.7 Å². The van der Waals surface area contributed by atoms with Gasteiger partial charge in [-0.05, 0) is 30.5 Å². The molecule has 21 heavy (non-hydrogen) atoms. The van der Waals surface area contributed by atoms with Gasteiger partial charge in [-0.15, -0.1) is 5.10 Å². The van der Waals surface area contributed by atoms with E-state index in [4.69, 9.17) is 5.26 Å². The van der Waals surface area contributed by atoms with E-state index in [1.807, 2.05) is 12.1 Å². The van der Waals surface area contributed by atoms with Gasteiger partial charge in [-0.2, -0.15) is 5.26 Å². The topological polar surface area (TPSA) is 74.7 Å². The molecule has 5 nitrogen and oxygen atoms in total. The molecule has 0 saturated heterocycles. The minimum absolute atomic E-state index is 0.256. The Morgan fingerprint density at radius 3 is 2.48 bits per heavy atom. The van der Waals surface area contributed by atoms with Crippen LogP contribution in [-0.4, -0.2) is 25.7 Å². The van der Waals surface area contributed by atoms with Gasteiger partial charge >= 0.3 is 0 Å². The maximum Gasteiger partial charge on any atom is 0.107 e. The van der Waals surface area contributed by atoms with Crippen molar-refractivity contribution < 1.29 is 5.11 Å². The molecule has 1 atom stereocenters. The standard InChI is InChI=1S/C16H18N4O/c17-12-13-4-6-14(7-5-13)15(20-11-10-18-19-20)16(21)8-2-1-3-9-16/h4-7,10-11,15,21H,1-3,8-9H2. The molecule has 1 fully saturated rings. The fourth-order valence-corrected chi connectivity index (χ4v) is 3.24. The van der Waals surface area contributed by atoms with Gasteiger partial charge < -0.3 is 5.11 Å². The summed E-state index contributed by atoms with van der Waals surface area (Å²) in [5.74, 6) is 0. The molecule has 3 rings (SSSR count). The average molecular weight is 282 g/mol. The molecular formula is C16H18N4O. The monoisotopic (exact) mass is 282 g/mol. The van der Waals surface area contributed by atoms with Crippen molar-refractivity contribution in [3.63, 3.8) is 0 Å². The fourth-order valence-electron chi connectivity index (χ4n) is 3.24. The van der Waals surface area contributed by atoms with Gasteiger partial charge in [0.25, 0.3) is 0 Å². The van der Waals surface area contributed by atoms with Gasteiger partial charge in [0.05, 0.1) is 23.4 Å². The summed E-state index contributed by atoms with van der Waals surface area (Å²) in [5, 5.41) is 28.0. The quantitative estimate of drug-likeness (QED) is 0.938. The van der Waals surface area contributed by atoms with E-state index in [-0.39, 0.29) is 6.04 Å². The lowest BCUT2D eigenvalue weighted by molar-refractivity contribution is -0.0340. The Morgan fingerprint density at radius 1 is 1.19 bits per heavy atom. The number of rotatable bonds is 3. The van der Waals surface area contributed by atoms with Crippen molar-refractivity contribution in [2.45, 2.75) is 43.7 Å². The molecule has 1 heterocycles. The summed E-state index contributed by atoms with van der Waals surface area (Å²) in [5.41, 5.74) is 0.774. The lowest BCUT2D eigenvalue weighted by Crippen LogP contribution is -2.42. The minimum atomic E-state index is -0.805. The zero-order valence-corrected chi connectivity index (χ0v) is 11.8. The summed E-state index contributed by atoms with van der Waals surface area (Å²) in [6.45, 7) is 0. The number of hydrogen-bond donors (Lipinski definition) is 1. The number of nitrogens with zero attached hydrogens (tertiary/aromatic N) is 4. The summed E-state index contributed by atoms with van der Waals surface area (Å²) in [6, 6.07) is 9.23. The Balaban J connectivity index is 2.01. The Morgan fingerprint density at radius 2 is 1.90 bits per heavy atom. The second-order valence-electron chi connectivity index (χ2n) is 5.68. The molecule has 1 aliphatic rings. The summed E-state index contributed by atoms with van der Waals surface area (Å²) in [4.78, 5) is 0. The molecule has 0 bridgehead atoms. The SMILES string of the molecule is N#Cc1ccc(C(n2ccnn2)C2(O)CCCCC2)cc1. The zero-order valence-electron chi connectivity index (χ0n) is 11.8. The van der Waals surface area contributed by atoms with Crippen LogP contribution in [0.2, 0.25) is 0 Å². The van der Waals surface area contributed by atoms with E-state index in [2.05, 4.69) is 16.4 Å². The summed E-state index contributed by atoms with van der Waals surface area (Å²) >= 11 is 0. The van der Waals surface area contributed by atoms with Crippen molar-refractivity contribution in [1.82, 2.24) is 15.0 Å². The normalized spacial score (nSPS) is 18.9. The van der Waals surface area contributed by atoms with Crippen LogP contribution in [0, 0.1) is 11.3 Å². The van der Waals surface area contributed by atoms with Crippen molar-refractivity contribution >= 4 is 0 Å². The van der Waals surface area contributed by atoms with Crippen LogP contribution in [0.3, 0.4) is 0 Å². The third-order valence-electron chi connectivity index (χ3n) is 4.29. The predicted molar refractivity (Wildman–Crippen MR) is 77.4 cm³/mol. The molecule has 1 saturated carbocycles. The number of hydrogen-bond acceptors (Lipinski definition) is 4. The number of nitriles is 1. The molecule has 1 N–H and O–H groups in total. The largest absolute Gasteiger partial charge is 0.387 e. The second kappa shape index (κ2) is 5.66. The molecular weight excluding hydrogens is 264 g/mol. The molecule has 108 valence electrons. The molecule has 1 aliphatic carbocycles. The van der Waals surface area contributed by atoms with Crippen molar-refractivity contribution in [3.8, 4) is 6.07 Å². The second-order valence-corrected chi connectivity index (χ2v) is 5.68. The average Bonchev–Trinajstić information content (AvgIpc) is 3.02. The van der Waals surface area contributed by atoms with E-state index in [9.17, 15) is 5.11 Å². The Labute approximate surface area is 123 Å². The highest BCUT2D eigenvalue weighted by atomic mass is 16.3. The van der Waals surface area contributed by atoms with Crippen molar-refractivity contribution in [3.05, 3.63) is 47.8 Å². The molecule has 0 spiro atoms. The van der Waals surface area contributed by atoms with Crippen LogP contribution < -0.4 is 0 Å². The van der Waals surface area contributed by atoms with Crippen molar-refractivity contribution in [2.24, 2.45) is 0 Å². The van der Waals surface area contributed by atoms with Crippen LogP contribution in [0.25, 0.3) is 0 Å². The molecule has 0 aliphatic heterocycles. The van der Waals surface area contributed by atoms with E-state index in [0.29, 0.717) is 5.56 Å². The molecule has 5 heteroatoms. The lowest BCUT2D eigenvalue weighted by Gasteiger charge is -2.39. The van der Waals surface area contributed by atoms with Gasteiger partial charge in [-0.3, -0.25) is 0 Å². The first-order valence-electron chi connectivity index (χ1n) is 7.31. The van der Waals surface area contributed by atoms with Gasteiger partial charge in [0.15, 0.2) is 0 Å². The van der Waals surface area contributed by atoms with E-state index >= 15 is 0 Å². The third-order valence-corrected chi connectivity index (χ3v) is 4.29. The highest BCUT2D eigenvalue weighted by molar-refractivity contribution is 5.34. The first-order valence-corrected chi connectivity index (χ1v) is 7.31. The van der Waals surface area contributed by atoms with Crippen LogP contribution in [0.5, 0.6) is 0 Å². The van der Waals surface area contributed by atoms with Gasteiger partial charge in [0, 0.05) is 6.20 Å². The summed E-state index contributed by atoms with van der Waals surface area (Å²) < 4.78 is 1.73. The number of aromatic nitrogens is 3. The van der Waals surface area contributed by atoms with Crippen molar-refractivity contribution in [2.75, 3.05) is 0 Å². The van der Waals surface area contributed by atoms with Crippen LogP contribution in [-0.2, 0) is 0 Å². The number of benzene rings is 1. The van der Waals surface area contributed by atoms with Gasteiger partial charge in [-0.1, -0.05) is 36.6 Å². The Bertz CT molecular complexity index is 621. The van der Waals surface area contributed by atoms with Crippen LogP contribution in [0.1, 0.15) is 49.3 Å².